The second-order valence-corrected chi connectivity index (χ2v) is 4.02. The molecule has 1 unspecified atom stereocenters. The van der Waals surface area contributed by atoms with Gasteiger partial charge in [0, 0.05) is 12.6 Å². The Kier molecular flexibility index (Phi) is 4.39. The van der Waals surface area contributed by atoms with Crippen molar-refractivity contribution in [3.8, 4) is 0 Å². The number of aromatic nitrogens is 2. The minimum absolute atomic E-state index is 0.00778. The maximum Gasteiger partial charge on any atom is 0.277 e. The highest BCUT2D eigenvalue weighted by Gasteiger charge is 2.17. The lowest BCUT2D eigenvalue weighted by molar-refractivity contribution is 0.0932. The van der Waals surface area contributed by atoms with Gasteiger partial charge in [0.25, 0.3) is 11.5 Å². The zero-order chi connectivity index (χ0) is 13.0. The number of H-pyrrole nitrogens is 1. The zero-order valence-corrected chi connectivity index (χ0v) is 10.2. The molecule has 0 aliphatic rings. The van der Waals surface area contributed by atoms with Crippen LogP contribution in [-0.4, -0.2) is 33.9 Å². The number of aryl methyl sites for hydroxylation is 1. The predicted octanol–water partition coefficient (Wildman–Crippen LogP) is -0.113. The lowest BCUT2D eigenvalue weighted by atomic mass is 10.1. The second kappa shape index (κ2) is 5.58. The molecule has 0 bridgehead atoms. The number of nitrogens with one attached hydrogen (secondary N) is 2. The molecule has 0 aliphatic heterocycles. The Bertz CT molecular complexity index is 468. The molecule has 0 radical (unpaired) electrons. The number of hydrogen-bond acceptors (Lipinski definition) is 4. The number of aromatic amines is 1. The first-order valence-corrected chi connectivity index (χ1v) is 5.45. The number of hydrogen-bond donors (Lipinski definition) is 3. The normalized spacial score (nSPS) is 12.2. The summed E-state index contributed by atoms with van der Waals surface area (Å²) in [5, 5.41) is 17.5. The molecular weight excluding hydrogens is 222 g/mol. The quantitative estimate of drug-likeness (QED) is 0.683. The molecule has 0 fully saturated rings. The topological polar surface area (TPSA) is 95.1 Å². The van der Waals surface area contributed by atoms with E-state index in [4.69, 9.17) is 5.11 Å². The molecule has 0 aliphatic carbocycles. The number of carbonyl (C=O) groups excluding carboxylic acids is 1. The van der Waals surface area contributed by atoms with Crippen LogP contribution < -0.4 is 10.9 Å². The summed E-state index contributed by atoms with van der Waals surface area (Å²) < 4.78 is 0. The minimum Gasteiger partial charge on any atom is -0.396 e. The first-order valence-electron chi connectivity index (χ1n) is 5.45. The summed E-state index contributed by atoms with van der Waals surface area (Å²) >= 11 is 0. The summed E-state index contributed by atoms with van der Waals surface area (Å²) in [6.07, 6.45) is 0.451. The molecule has 1 amide bonds. The van der Waals surface area contributed by atoms with Crippen LogP contribution in [0.4, 0.5) is 0 Å². The summed E-state index contributed by atoms with van der Waals surface area (Å²) in [7, 11) is 0. The van der Waals surface area contributed by atoms with Gasteiger partial charge < -0.3 is 10.4 Å². The van der Waals surface area contributed by atoms with Gasteiger partial charge in [0.2, 0.25) is 0 Å². The number of aliphatic hydroxyl groups is 1. The Morgan fingerprint density at radius 1 is 1.53 bits per heavy atom. The highest BCUT2D eigenvalue weighted by atomic mass is 16.3. The van der Waals surface area contributed by atoms with Crippen molar-refractivity contribution in [2.75, 3.05) is 6.61 Å². The molecule has 6 heteroatoms. The Hall–Kier alpha value is -1.69. The van der Waals surface area contributed by atoms with Crippen LogP contribution in [0.1, 0.15) is 35.0 Å². The van der Waals surface area contributed by atoms with Crippen LogP contribution in [0.15, 0.2) is 4.79 Å². The molecule has 6 nitrogen and oxygen atoms in total. The number of amides is 1. The van der Waals surface area contributed by atoms with Crippen molar-refractivity contribution in [2.24, 2.45) is 0 Å². The van der Waals surface area contributed by atoms with E-state index in [0.29, 0.717) is 17.7 Å². The van der Waals surface area contributed by atoms with Gasteiger partial charge in [-0.25, -0.2) is 5.10 Å². The molecule has 0 spiro atoms. The fourth-order valence-corrected chi connectivity index (χ4v) is 1.46. The highest BCUT2D eigenvalue weighted by Crippen LogP contribution is 2.05. The average molecular weight is 239 g/mol. The van der Waals surface area contributed by atoms with Crippen molar-refractivity contribution < 1.29 is 9.90 Å². The largest absolute Gasteiger partial charge is 0.396 e. The van der Waals surface area contributed by atoms with E-state index in [-0.39, 0.29) is 18.2 Å². The Labute approximate surface area is 99.1 Å². The Morgan fingerprint density at radius 3 is 2.76 bits per heavy atom. The smallest absolute Gasteiger partial charge is 0.277 e. The maximum absolute atomic E-state index is 11.9. The third kappa shape index (κ3) is 3.13. The molecule has 1 atom stereocenters. The lowest BCUT2D eigenvalue weighted by Crippen LogP contribution is -2.37. The molecule has 1 aromatic rings. The second-order valence-electron chi connectivity index (χ2n) is 4.02. The number of aliphatic hydroxyl groups excluding tert-OH is 1. The van der Waals surface area contributed by atoms with Crippen LogP contribution in [0, 0.1) is 13.8 Å². The van der Waals surface area contributed by atoms with E-state index in [0.717, 1.165) is 0 Å². The SMILES string of the molecule is Cc1n[nH]c(=O)c(C(=O)NC(C)CCO)c1C. The van der Waals surface area contributed by atoms with E-state index in [1.807, 2.05) is 0 Å². The first-order chi connectivity index (χ1) is 7.97. The number of nitrogens with zero attached hydrogens (tertiary/aromatic N) is 1. The van der Waals surface area contributed by atoms with Gasteiger partial charge in [-0.15, -0.1) is 0 Å². The van der Waals surface area contributed by atoms with Crippen LogP contribution in [-0.2, 0) is 0 Å². The molecule has 1 aromatic heterocycles. The van der Waals surface area contributed by atoms with Crippen LogP contribution in [0.5, 0.6) is 0 Å². The standard InChI is InChI=1S/C11H17N3O3/c1-6(4-5-15)12-10(16)9-7(2)8(3)13-14-11(9)17/h6,15H,4-5H2,1-3H3,(H,12,16)(H,14,17). The number of carbonyl (C=O) groups is 1. The van der Waals surface area contributed by atoms with Crippen molar-refractivity contribution in [2.45, 2.75) is 33.2 Å². The summed E-state index contributed by atoms with van der Waals surface area (Å²) in [5.74, 6) is -0.435. The molecular formula is C11H17N3O3. The average Bonchev–Trinajstić information content (AvgIpc) is 2.24. The first kappa shape index (κ1) is 13.4. The van der Waals surface area contributed by atoms with Gasteiger partial charge in [-0.2, -0.15) is 5.10 Å². The number of rotatable bonds is 4. The summed E-state index contributed by atoms with van der Waals surface area (Å²) in [6.45, 7) is 5.17. The van der Waals surface area contributed by atoms with Crippen LogP contribution in [0.3, 0.4) is 0 Å². The Balaban J connectivity index is 2.97. The van der Waals surface area contributed by atoms with E-state index in [9.17, 15) is 9.59 Å². The highest BCUT2D eigenvalue weighted by molar-refractivity contribution is 5.95. The third-order valence-electron chi connectivity index (χ3n) is 2.64. The molecule has 3 N–H and O–H groups in total. The van der Waals surface area contributed by atoms with Gasteiger partial charge in [0.1, 0.15) is 5.56 Å². The van der Waals surface area contributed by atoms with Crippen LogP contribution >= 0.6 is 0 Å². The van der Waals surface area contributed by atoms with Gasteiger partial charge in [0.05, 0.1) is 5.69 Å². The van der Waals surface area contributed by atoms with E-state index in [1.54, 1.807) is 20.8 Å². The molecule has 94 valence electrons. The van der Waals surface area contributed by atoms with Crippen molar-refractivity contribution in [3.05, 3.63) is 27.2 Å². The van der Waals surface area contributed by atoms with Gasteiger partial charge in [-0.3, -0.25) is 9.59 Å². The van der Waals surface area contributed by atoms with E-state index >= 15 is 0 Å². The fourth-order valence-electron chi connectivity index (χ4n) is 1.46. The van der Waals surface area contributed by atoms with E-state index in [1.165, 1.54) is 0 Å². The molecule has 1 heterocycles. The van der Waals surface area contributed by atoms with E-state index < -0.39 is 11.5 Å². The monoisotopic (exact) mass is 239 g/mol. The molecule has 0 saturated carbocycles. The van der Waals surface area contributed by atoms with Crippen molar-refractivity contribution in [1.82, 2.24) is 15.5 Å². The summed E-state index contributed by atoms with van der Waals surface area (Å²) in [5.41, 5.74) is 0.774. The van der Waals surface area contributed by atoms with Crippen molar-refractivity contribution >= 4 is 5.91 Å². The molecule has 0 aromatic carbocycles. The van der Waals surface area contributed by atoms with E-state index in [2.05, 4.69) is 15.5 Å². The summed E-state index contributed by atoms with van der Waals surface area (Å²) in [6, 6.07) is -0.181. The lowest BCUT2D eigenvalue weighted by Gasteiger charge is -2.13. The molecule has 17 heavy (non-hydrogen) atoms. The summed E-state index contributed by atoms with van der Waals surface area (Å²) in [4.78, 5) is 23.4. The Morgan fingerprint density at radius 2 is 2.18 bits per heavy atom. The molecule has 0 saturated heterocycles. The fraction of sp³-hybridized carbons (Fsp3) is 0.545. The van der Waals surface area contributed by atoms with Crippen molar-refractivity contribution in [1.29, 1.82) is 0 Å². The molecule has 1 rings (SSSR count). The van der Waals surface area contributed by atoms with Crippen LogP contribution in [0.2, 0.25) is 0 Å². The van der Waals surface area contributed by atoms with Gasteiger partial charge in [-0.1, -0.05) is 0 Å². The van der Waals surface area contributed by atoms with Crippen molar-refractivity contribution in [3.63, 3.8) is 0 Å². The van der Waals surface area contributed by atoms with Crippen LogP contribution in [0.25, 0.3) is 0 Å². The van der Waals surface area contributed by atoms with Gasteiger partial charge in [-0.05, 0) is 32.8 Å². The third-order valence-corrected chi connectivity index (χ3v) is 2.64. The predicted molar refractivity (Wildman–Crippen MR) is 63.0 cm³/mol. The van der Waals surface area contributed by atoms with Gasteiger partial charge >= 0.3 is 0 Å². The maximum atomic E-state index is 11.9. The minimum atomic E-state index is -0.498. The zero-order valence-electron chi connectivity index (χ0n) is 10.2. The van der Waals surface area contributed by atoms with Gasteiger partial charge in [0.15, 0.2) is 0 Å².